The van der Waals surface area contributed by atoms with E-state index in [1.807, 2.05) is 54.6 Å². The molecule has 8 heteroatoms. The highest BCUT2D eigenvalue weighted by Gasteiger charge is 2.62. The number of hydrogen-bond acceptors (Lipinski definition) is 7. The lowest BCUT2D eigenvalue weighted by molar-refractivity contribution is -0.317. The lowest BCUT2D eigenvalue weighted by Gasteiger charge is -2.54. The predicted molar refractivity (Wildman–Crippen MR) is 133 cm³/mol. The summed E-state index contributed by atoms with van der Waals surface area (Å²) in [6, 6.07) is 22.5. The predicted octanol–water partition coefficient (Wildman–Crippen LogP) is 3.29. The Morgan fingerprint density at radius 2 is 1.89 bits per heavy atom. The maximum Gasteiger partial charge on any atom is 0.129 e. The zero-order chi connectivity index (χ0) is 24.8. The van der Waals surface area contributed by atoms with E-state index in [-0.39, 0.29) is 6.42 Å². The number of aromatic amines is 1. The topological polar surface area (TPSA) is 130 Å². The number of nitrogens with zero attached hydrogens (tertiary/aromatic N) is 1. The van der Waals surface area contributed by atoms with Crippen molar-refractivity contribution in [2.75, 3.05) is 6.61 Å². The van der Waals surface area contributed by atoms with Gasteiger partial charge in [0.1, 0.15) is 29.5 Å². The van der Waals surface area contributed by atoms with Gasteiger partial charge in [0.25, 0.3) is 0 Å². The van der Waals surface area contributed by atoms with E-state index in [4.69, 9.17) is 4.74 Å². The second-order valence-electron chi connectivity index (χ2n) is 9.19. The lowest BCUT2D eigenvalue weighted by atomic mass is 9.69. The molecular formula is C27H26N2O5S. The highest BCUT2D eigenvalue weighted by Crippen LogP contribution is 2.46. The molecule has 180 valence electrons. The van der Waals surface area contributed by atoms with Crippen molar-refractivity contribution in [2.45, 2.75) is 42.9 Å². The van der Waals surface area contributed by atoms with Crippen LogP contribution in [0.4, 0.5) is 0 Å². The van der Waals surface area contributed by atoms with Crippen LogP contribution in [-0.4, -0.2) is 55.4 Å². The average molecular weight is 491 g/mol. The Bertz CT molecular complexity index is 1370. The van der Waals surface area contributed by atoms with E-state index in [2.05, 4.69) is 11.1 Å². The molecule has 5 atom stereocenters. The SMILES string of the molecule is C[C@@]1(O)[C@@H](CO)O[C@@H](c2cc3ccccc3[nH]2)[C@H](O)[C@]1(O)Cc1ccc(-c2cccc(C#N)c2)s1. The van der Waals surface area contributed by atoms with E-state index >= 15 is 0 Å². The molecule has 3 heterocycles. The Morgan fingerprint density at radius 3 is 2.63 bits per heavy atom. The molecule has 7 nitrogen and oxygen atoms in total. The van der Waals surface area contributed by atoms with E-state index in [9.17, 15) is 25.7 Å². The van der Waals surface area contributed by atoms with Gasteiger partial charge in [0.2, 0.25) is 0 Å². The quantitative estimate of drug-likeness (QED) is 0.292. The summed E-state index contributed by atoms with van der Waals surface area (Å²) in [7, 11) is 0. The van der Waals surface area contributed by atoms with Gasteiger partial charge in [0, 0.05) is 27.4 Å². The normalized spacial score (nSPS) is 28.7. The number of H-pyrrole nitrogens is 1. The number of benzene rings is 2. The number of nitrogens with one attached hydrogen (secondary N) is 1. The Kier molecular flexibility index (Phi) is 6.01. The highest BCUT2D eigenvalue weighted by atomic mass is 32.1. The number of nitriles is 1. The standard InChI is InChI=1S/C27H26N2O5S/c1-26(32)23(15-30)34-24(21-12-17-6-2-3-8-20(17)29-21)25(31)27(26,33)13-19-9-10-22(35-19)18-7-4-5-16(11-18)14-28/h2-12,23-25,29-33H,13,15H2,1H3/t23-,24+,25+,26-,27-/m1/s1. The Hall–Kier alpha value is -3.03. The zero-order valence-electron chi connectivity index (χ0n) is 19.0. The molecule has 1 aliphatic heterocycles. The van der Waals surface area contributed by atoms with Gasteiger partial charge in [0.05, 0.1) is 18.2 Å². The van der Waals surface area contributed by atoms with Crippen molar-refractivity contribution in [2.24, 2.45) is 0 Å². The maximum absolute atomic E-state index is 11.8. The Labute approximate surface area is 206 Å². The van der Waals surface area contributed by atoms with Crippen molar-refractivity contribution < 1.29 is 25.2 Å². The first kappa shape index (κ1) is 23.7. The Morgan fingerprint density at radius 1 is 1.09 bits per heavy atom. The van der Waals surface area contributed by atoms with Crippen LogP contribution in [0.2, 0.25) is 0 Å². The third-order valence-electron chi connectivity index (χ3n) is 7.00. The molecule has 5 N–H and O–H groups in total. The summed E-state index contributed by atoms with van der Waals surface area (Å²) in [5, 5.41) is 54.7. The van der Waals surface area contributed by atoms with Crippen molar-refractivity contribution in [3.63, 3.8) is 0 Å². The van der Waals surface area contributed by atoms with E-state index < -0.39 is 36.1 Å². The van der Waals surface area contributed by atoms with Crippen molar-refractivity contribution in [3.8, 4) is 16.5 Å². The van der Waals surface area contributed by atoms with Crippen LogP contribution in [0, 0.1) is 11.3 Å². The van der Waals surface area contributed by atoms with Crippen LogP contribution in [0.5, 0.6) is 0 Å². The average Bonchev–Trinajstić information content (AvgIpc) is 3.50. The fourth-order valence-corrected chi connectivity index (χ4v) is 5.94. The van der Waals surface area contributed by atoms with E-state index in [1.54, 1.807) is 12.1 Å². The molecule has 5 rings (SSSR count). The minimum atomic E-state index is -2.02. The molecule has 2 aromatic carbocycles. The lowest BCUT2D eigenvalue weighted by Crippen LogP contribution is -2.72. The van der Waals surface area contributed by atoms with Gasteiger partial charge in [0.15, 0.2) is 0 Å². The van der Waals surface area contributed by atoms with Crippen molar-refractivity contribution in [3.05, 3.63) is 82.9 Å². The molecule has 1 aliphatic rings. The number of aromatic nitrogens is 1. The number of aliphatic hydroxyl groups is 4. The van der Waals surface area contributed by atoms with Gasteiger partial charge >= 0.3 is 0 Å². The van der Waals surface area contributed by atoms with Crippen molar-refractivity contribution >= 4 is 22.2 Å². The molecule has 0 unspecified atom stereocenters. The molecule has 0 saturated carbocycles. The van der Waals surface area contributed by atoms with Crippen LogP contribution in [-0.2, 0) is 11.2 Å². The molecular weight excluding hydrogens is 464 g/mol. The minimum absolute atomic E-state index is 0.0552. The summed E-state index contributed by atoms with van der Waals surface area (Å²) in [5.74, 6) is 0. The molecule has 0 bridgehead atoms. The van der Waals surface area contributed by atoms with E-state index in [0.717, 1.165) is 26.2 Å². The number of para-hydroxylation sites is 1. The summed E-state index contributed by atoms with van der Waals surface area (Å²) < 4.78 is 5.94. The summed E-state index contributed by atoms with van der Waals surface area (Å²) >= 11 is 1.41. The third-order valence-corrected chi connectivity index (χ3v) is 8.13. The number of aliphatic hydroxyl groups excluding tert-OH is 2. The molecule has 1 saturated heterocycles. The van der Waals surface area contributed by atoms with Crippen LogP contribution in [0.15, 0.2) is 66.7 Å². The number of fused-ring (bicyclic) bond motifs is 1. The van der Waals surface area contributed by atoms with Crippen LogP contribution in [0.25, 0.3) is 21.3 Å². The molecule has 0 radical (unpaired) electrons. The highest BCUT2D eigenvalue weighted by molar-refractivity contribution is 7.15. The van der Waals surface area contributed by atoms with E-state index in [0.29, 0.717) is 11.3 Å². The Balaban J connectivity index is 1.50. The van der Waals surface area contributed by atoms with Gasteiger partial charge in [-0.15, -0.1) is 11.3 Å². The molecule has 2 aromatic heterocycles. The third kappa shape index (κ3) is 3.96. The number of ether oxygens (including phenoxy) is 1. The smallest absolute Gasteiger partial charge is 0.129 e. The largest absolute Gasteiger partial charge is 0.394 e. The van der Waals surface area contributed by atoms with Gasteiger partial charge < -0.3 is 30.1 Å². The number of rotatable bonds is 5. The van der Waals surface area contributed by atoms with Gasteiger partial charge in [-0.2, -0.15) is 5.26 Å². The van der Waals surface area contributed by atoms with Crippen LogP contribution < -0.4 is 0 Å². The van der Waals surface area contributed by atoms with Gasteiger partial charge in [-0.25, -0.2) is 0 Å². The zero-order valence-corrected chi connectivity index (χ0v) is 19.9. The first-order valence-corrected chi connectivity index (χ1v) is 12.1. The van der Waals surface area contributed by atoms with Gasteiger partial charge in [-0.1, -0.05) is 30.3 Å². The molecule has 4 aromatic rings. The summed E-state index contributed by atoms with van der Waals surface area (Å²) in [4.78, 5) is 4.85. The van der Waals surface area contributed by atoms with Crippen LogP contribution in [0.1, 0.15) is 29.2 Å². The monoisotopic (exact) mass is 490 g/mol. The van der Waals surface area contributed by atoms with Crippen LogP contribution >= 0.6 is 11.3 Å². The van der Waals surface area contributed by atoms with E-state index in [1.165, 1.54) is 18.3 Å². The van der Waals surface area contributed by atoms with Crippen LogP contribution in [0.3, 0.4) is 0 Å². The summed E-state index contributed by atoms with van der Waals surface area (Å²) in [6.07, 6.45) is -3.66. The van der Waals surface area contributed by atoms with Crippen molar-refractivity contribution in [1.82, 2.24) is 4.98 Å². The second kappa shape index (κ2) is 8.88. The summed E-state index contributed by atoms with van der Waals surface area (Å²) in [6.45, 7) is 0.846. The van der Waals surface area contributed by atoms with Gasteiger partial charge in [-0.05, 0) is 54.3 Å². The molecule has 0 aliphatic carbocycles. The van der Waals surface area contributed by atoms with Gasteiger partial charge in [-0.3, -0.25) is 0 Å². The van der Waals surface area contributed by atoms with Crippen molar-refractivity contribution in [1.29, 1.82) is 5.26 Å². The minimum Gasteiger partial charge on any atom is -0.394 e. The molecule has 35 heavy (non-hydrogen) atoms. The maximum atomic E-state index is 11.8. The molecule has 0 amide bonds. The fraction of sp³-hybridized carbons (Fsp3) is 0.296. The molecule has 1 fully saturated rings. The summed E-state index contributed by atoms with van der Waals surface area (Å²) in [5.41, 5.74) is -1.14. The number of hydrogen-bond donors (Lipinski definition) is 5. The first-order valence-electron chi connectivity index (χ1n) is 11.3. The second-order valence-corrected chi connectivity index (χ2v) is 10.4. The fourth-order valence-electron chi connectivity index (χ4n) is 4.84. The molecule has 0 spiro atoms. The first-order chi connectivity index (χ1) is 16.8. The number of thiophene rings is 1.